The van der Waals surface area contributed by atoms with E-state index in [0.717, 1.165) is 18.0 Å². The second-order valence-corrected chi connectivity index (χ2v) is 5.84. The van der Waals surface area contributed by atoms with Gasteiger partial charge in [-0.15, -0.1) is 0 Å². The molecule has 0 amide bonds. The van der Waals surface area contributed by atoms with Crippen LogP contribution in [0.5, 0.6) is 11.5 Å². The lowest BCUT2D eigenvalue weighted by molar-refractivity contribution is 0.166. The van der Waals surface area contributed by atoms with Gasteiger partial charge in [-0.05, 0) is 29.2 Å². The van der Waals surface area contributed by atoms with Crippen molar-refractivity contribution in [1.29, 1.82) is 0 Å². The van der Waals surface area contributed by atoms with Crippen molar-refractivity contribution >= 4 is 0 Å². The van der Waals surface area contributed by atoms with Crippen LogP contribution in [0.3, 0.4) is 0 Å². The van der Waals surface area contributed by atoms with Crippen LogP contribution in [0.1, 0.15) is 30.0 Å². The van der Waals surface area contributed by atoms with E-state index in [-0.39, 0.29) is 6.04 Å². The fraction of sp³-hybridized carbons (Fsp3) is 0.400. The Hall–Kier alpha value is -2.04. The van der Waals surface area contributed by atoms with Gasteiger partial charge in [0.15, 0.2) is 11.5 Å². The molecule has 4 heteroatoms. The van der Waals surface area contributed by atoms with E-state index < -0.39 is 0 Å². The highest BCUT2D eigenvalue weighted by atomic mass is 16.5. The molecule has 24 heavy (non-hydrogen) atoms. The van der Waals surface area contributed by atoms with Crippen LogP contribution in [0.15, 0.2) is 48.5 Å². The summed E-state index contributed by atoms with van der Waals surface area (Å²) in [4.78, 5) is 0. The van der Waals surface area contributed by atoms with Gasteiger partial charge in [-0.3, -0.25) is 0 Å². The Morgan fingerprint density at radius 1 is 0.875 bits per heavy atom. The molecule has 0 saturated heterocycles. The van der Waals surface area contributed by atoms with Gasteiger partial charge >= 0.3 is 0 Å². The minimum Gasteiger partial charge on any atom is -0.493 e. The number of nitrogens with one attached hydrogen (secondary N) is 1. The summed E-state index contributed by atoms with van der Waals surface area (Å²) in [5.74, 6) is 1.86. The second-order valence-electron chi connectivity index (χ2n) is 5.84. The Morgan fingerprint density at radius 2 is 1.58 bits per heavy atom. The van der Waals surface area contributed by atoms with Gasteiger partial charge in [0.25, 0.3) is 0 Å². The Balaban J connectivity index is 2.04. The van der Waals surface area contributed by atoms with Crippen LogP contribution in [0.4, 0.5) is 0 Å². The van der Waals surface area contributed by atoms with Gasteiger partial charge in [0.05, 0.1) is 26.9 Å². The van der Waals surface area contributed by atoms with Crippen LogP contribution in [-0.4, -0.2) is 34.5 Å². The van der Waals surface area contributed by atoms with Crippen molar-refractivity contribution in [2.45, 2.75) is 18.9 Å². The average molecular weight is 329 g/mol. The zero-order chi connectivity index (χ0) is 17.4. The first-order valence-electron chi connectivity index (χ1n) is 8.18. The molecule has 2 aromatic carbocycles. The first kappa shape index (κ1) is 18.3. The molecule has 0 radical (unpaired) electrons. The number of ether oxygens (including phenoxy) is 3. The first-order chi connectivity index (χ1) is 11.7. The quantitative estimate of drug-likeness (QED) is 0.760. The van der Waals surface area contributed by atoms with E-state index in [1.165, 1.54) is 11.1 Å². The molecule has 2 atom stereocenters. The molecular formula is C20H27NO3. The van der Waals surface area contributed by atoms with Gasteiger partial charge in [0.2, 0.25) is 0 Å². The third kappa shape index (κ3) is 4.73. The van der Waals surface area contributed by atoms with E-state index in [2.05, 4.69) is 42.6 Å². The third-order valence-electron chi connectivity index (χ3n) is 4.18. The molecule has 0 fully saturated rings. The van der Waals surface area contributed by atoms with Gasteiger partial charge in [-0.25, -0.2) is 0 Å². The minimum atomic E-state index is 0.179. The third-order valence-corrected chi connectivity index (χ3v) is 4.18. The van der Waals surface area contributed by atoms with Crippen LogP contribution in [0, 0.1) is 0 Å². The molecule has 0 aliphatic rings. The number of methoxy groups -OCH3 is 3. The molecule has 0 spiro atoms. The topological polar surface area (TPSA) is 39.7 Å². The van der Waals surface area contributed by atoms with Gasteiger partial charge < -0.3 is 19.5 Å². The van der Waals surface area contributed by atoms with Crippen molar-refractivity contribution in [2.75, 3.05) is 34.5 Å². The highest BCUT2D eigenvalue weighted by Gasteiger charge is 2.14. The molecule has 2 rings (SSSR count). The molecule has 0 bridgehead atoms. The summed E-state index contributed by atoms with van der Waals surface area (Å²) in [6, 6.07) is 16.6. The molecule has 0 aliphatic heterocycles. The molecule has 0 aliphatic carbocycles. The number of hydrogen-bond donors (Lipinski definition) is 1. The SMILES string of the molecule is COC[C@H](NC[C@@H](C)c1ccc(OC)c(OC)c1)c1ccccc1. The number of rotatable bonds is 9. The predicted molar refractivity (Wildman–Crippen MR) is 97.0 cm³/mol. The van der Waals surface area contributed by atoms with Crippen molar-refractivity contribution in [3.05, 3.63) is 59.7 Å². The van der Waals surface area contributed by atoms with Crippen molar-refractivity contribution in [2.24, 2.45) is 0 Å². The lowest BCUT2D eigenvalue weighted by Gasteiger charge is -2.22. The van der Waals surface area contributed by atoms with Crippen molar-refractivity contribution < 1.29 is 14.2 Å². The van der Waals surface area contributed by atoms with Gasteiger partial charge in [0.1, 0.15) is 0 Å². The van der Waals surface area contributed by atoms with E-state index >= 15 is 0 Å². The zero-order valence-electron chi connectivity index (χ0n) is 14.9. The molecule has 0 saturated carbocycles. The predicted octanol–water partition coefficient (Wildman–Crippen LogP) is 3.78. The standard InChI is InChI=1S/C20H27NO3/c1-15(17-10-11-19(23-3)20(12-17)24-4)13-21-18(14-22-2)16-8-6-5-7-9-16/h5-12,15,18,21H,13-14H2,1-4H3/t15-,18+/m1/s1. The molecule has 1 N–H and O–H groups in total. The van der Waals surface area contributed by atoms with Crippen LogP contribution in [0.25, 0.3) is 0 Å². The molecule has 4 nitrogen and oxygen atoms in total. The average Bonchev–Trinajstić information content (AvgIpc) is 2.64. The Morgan fingerprint density at radius 3 is 2.21 bits per heavy atom. The van der Waals surface area contributed by atoms with E-state index in [1.807, 2.05) is 18.2 Å². The molecule has 130 valence electrons. The summed E-state index contributed by atoms with van der Waals surface area (Å²) in [7, 11) is 5.04. The zero-order valence-corrected chi connectivity index (χ0v) is 14.9. The fourth-order valence-corrected chi connectivity index (χ4v) is 2.72. The summed E-state index contributed by atoms with van der Waals surface area (Å²) >= 11 is 0. The van der Waals surface area contributed by atoms with Gasteiger partial charge in [0, 0.05) is 13.7 Å². The van der Waals surface area contributed by atoms with Crippen LogP contribution in [-0.2, 0) is 4.74 Å². The monoisotopic (exact) mass is 329 g/mol. The molecule has 0 heterocycles. The van der Waals surface area contributed by atoms with E-state index in [4.69, 9.17) is 14.2 Å². The van der Waals surface area contributed by atoms with E-state index in [1.54, 1.807) is 21.3 Å². The van der Waals surface area contributed by atoms with Crippen molar-refractivity contribution in [3.8, 4) is 11.5 Å². The summed E-state index contributed by atoms with van der Waals surface area (Å²) in [5.41, 5.74) is 2.45. The minimum absolute atomic E-state index is 0.179. The lowest BCUT2D eigenvalue weighted by atomic mass is 9.99. The van der Waals surface area contributed by atoms with Crippen molar-refractivity contribution in [3.63, 3.8) is 0 Å². The highest BCUT2D eigenvalue weighted by molar-refractivity contribution is 5.43. The summed E-state index contributed by atoms with van der Waals surface area (Å²) < 4.78 is 16.1. The summed E-state index contributed by atoms with van der Waals surface area (Å²) in [6.07, 6.45) is 0. The van der Waals surface area contributed by atoms with Gasteiger partial charge in [-0.2, -0.15) is 0 Å². The molecular weight excluding hydrogens is 302 g/mol. The Kier molecular flexibility index (Phi) is 7.09. The van der Waals surface area contributed by atoms with E-state index in [0.29, 0.717) is 12.5 Å². The highest BCUT2D eigenvalue weighted by Crippen LogP contribution is 2.30. The van der Waals surface area contributed by atoms with Crippen LogP contribution in [0.2, 0.25) is 0 Å². The smallest absolute Gasteiger partial charge is 0.160 e. The number of hydrogen-bond acceptors (Lipinski definition) is 4. The fourth-order valence-electron chi connectivity index (χ4n) is 2.72. The molecule has 0 aromatic heterocycles. The maximum atomic E-state index is 5.40. The van der Waals surface area contributed by atoms with E-state index in [9.17, 15) is 0 Å². The normalized spacial score (nSPS) is 13.3. The maximum absolute atomic E-state index is 5.40. The Labute approximate surface area is 144 Å². The van der Waals surface area contributed by atoms with Crippen molar-refractivity contribution in [1.82, 2.24) is 5.32 Å². The number of benzene rings is 2. The van der Waals surface area contributed by atoms with Gasteiger partial charge in [-0.1, -0.05) is 43.3 Å². The summed E-state index contributed by atoms with van der Waals surface area (Å²) in [6.45, 7) is 3.68. The Bertz CT molecular complexity index is 616. The first-order valence-corrected chi connectivity index (χ1v) is 8.18. The maximum Gasteiger partial charge on any atom is 0.160 e. The van der Waals surface area contributed by atoms with Crippen LogP contribution >= 0.6 is 0 Å². The lowest BCUT2D eigenvalue weighted by Crippen LogP contribution is -2.28. The molecule has 0 unspecified atom stereocenters. The summed E-state index contributed by atoms with van der Waals surface area (Å²) in [5, 5.41) is 3.60. The van der Waals surface area contributed by atoms with Crippen LogP contribution < -0.4 is 14.8 Å². The molecule has 2 aromatic rings. The largest absolute Gasteiger partial charge is 0.493 e. The second kappa shape index (κ2) is 9.30.